The standard InChI is InChI=1S/C20H10N2O2S/c1-11-6-18-17(24-11)8-13(25-18)7-16-19(12(9-21)10-22)14-4-2-3-5-15(14)20(16)23/h2-8H,1H3/b16-7-. The van der Waals surface area contributed by atoms with Gasteiger partial charge in [0.05, 0.1) is 4.70 Å². The van der Waals surface area contributed by atoms with Gasteiger partial charge in [-0.15, -0.1) is 11.3 Å². The van der Waals surface area contributed by atoms with Crippen LogP contribution in [0.3, 0.4) is 0 Å². The van der Waals surface area contributed by atoms with Crippen molar-refractivity contribution in [3.8, 4) is 12.1 Å². The third kappa shape index (κ3) is 2.30. The number of carbonyl (C=O) groups is 1. The van der Waals surface area contributed by atoms with Crippen LogP contribution in [0.4, 0.5) is 0 Å². The van der Waals surface area contributed by atoms with Gasteiger partial charge < -0.3 is 4.42 Å². The normalized spacial score (nSPS) is 14.6. The molecular formula is C20H10N2O2S. The summed E-state index contributed by atoms with van der Waals surface area (Å²) < 4.78 is 6.60. The monoisotopic (exact) mass is 342 g/mol. The Hall–Kier alpha value is -3.41. The zero-order chi connectivity index (χ0) is 17.6. The Balaban J connectivity index is 1.95. The molecule has 1 aromatic carbocycles. The van der Waals surface area contributed by atoms with Crippen molar-refractivity contribution in [1.29, 1.82) is 10.5 Å². The number of hydrogen-bond donors (Lipinski definition) is 0. The van der Waals surface area contributed by atoms with Gasteiger partial charge in [-0.3, -0.25) is 4.79 Å². The lowest BCUT2D eigenvalue weighted by molar-refractivity contribution is 0.104. The third-order valence-corrected chi connectivity index (χ3v) is 5.07. The van der Waals surface area contributed by atoms with Gasteiger partial charge in [-0.2, -0.15) is 10.5 Å². The molecule has 2 aromatic heterocycles. The fraction of sp³-hybridized carbons (Fsp3) is 0.0500. The van der Waals surface area contributed by atoms with E-state index in [2.05, 4.69) is 0 Å². The van der Waals surface area contributed by atoms with Gasteiger partial charge in [-0.25, -0.2) is 0 Å². The number of allylic oxidation sites excluding steroid dienone is 3. The molecule has 0 unspecified atom stereocenters. The highest BCUT2D eigenvalue weighted by molar-refractivity contribution is 7.19. The first-order chi connectivity index (χ1) is 12.1. The van der Waals surface area contributed by atoms with Gasteiger partial charge >= 0.3 is 0 Å². The molecule has 1 aliphatic rings. The van der Waals surface area contributed by atoms with Crippen LogP contribution in [0.15, 0.2) is 52.0 Å². The number of hydrogen-bond acceptors (Lipinski definition) is 5. The van der Waals surface area contributed by atoms with Crippen LogP contribution in [0.1, 0.15) is 26.6 Å². The van der Waals surface area contributed by atoms with Gasteiger partial charge in [-0.1, -0.05) is 24.3 Å². The number of ketones is 1. The Bertz CT molecular complexity index is 1140. The van der Waals surface area contributed by atoms with Crippen molar-refractivity contribution in [1.82, 2.24) is 0 Å². The van der Waals surface area contributed by atoms with Crippen LogP contribution in [0, 0.1) is 29.6 Å². The molecule has 0 N–H and O–H groups in total. The van der Waals surface area contributed by atoms with Crippen molar-refractivity contribution in [2.75, 3.05) is 0 Å². The maximum Gasteiger partial charge on any atom is 0.194 e. The molecule has 0 radical (unpaired) electrons. The van der Waals surface area contributed by atoms with E-state index in [1.165, 1.54) is 11.3 Å². The summed E-state index contributed by atoms with van der Waals surface area (Å²) in [5.74, 6) is 0.663. The minimum absolute atomic E-state index is 0.0550. The quantitative estimate of drug-likeness (QED) is 0.466. The second-order valence-corrected chi connectivity index (χ2v) is 6.76. The average molecular weight is 342 g/mol. The van der Waals surface area contributed by atoms with E-state index >= 15 is 0 Å². The molecule has 118 valence electrons. The van der Waals surface area contributed by atoms with Crippen LogP contribution < -0.4 is 0 Å². The Kier molecular flexibility index (Phi) is 3.39. The highest BCUT2D eigenvalue weighted by Crippen LogP contribution is 2.41. The zero-order valence-electron chi connectivity index (χ0n) is 13.2. The topological polar surface area (TPSA) is 77.8 Å². The Morgan fingerprint density at radius 3 is 2.56 bits per heavy atom. The molecule has 1 aliphatic carbocycles. The van der Waals surface area contributed by atoms with E-state index in [0.29, 0.717) is 22.3 Å². The summed E-state index contributed by atoms with van der Waals surface area (Å²) in [7, 11) is 0. The molecule has 3 aromatic rings. The molecule has 0 saturated heterocycles. The van der Waals surface area contributed by atoms with Gasteiger partial charge in [-0.05, 0) is 30.7 Å². The number of aryl methyl sites for hydroxylation is 1. The summed E-state index contributed by atoms with van der Waals surface area (Å²) in [5, 5.41) is 18.6. The number of Topliss-reactive ketones (excluding diaryl/α,β-unsaturated/α-hetero) is 1. The van der Waals surface area contributed by atoms with Crippen molar-refractivity contribution in [3.05, 3.63) is 69.3 Å². The van der Waals surface area contributed by atoms with Crippen molar-refractivity contribution >= 4 is 39.1 Å². The lowest BCUT2D eigenvalue weighted by atomic mass is 9.99. The predicted molar refractivity (Wildman–Crippen MR) is 95.7 cm³/mol. The summed E-state index contributed by atoms with van der Waals surface area (Å²) in [6, 6.07) is 14.7. The molecule has 0 amide bonds. The Morgan fingerprint density at radius 2 is 1.88 bits per heavy atom. The first-order valence-electron chi connectivity index (χ1n) is 7.53. The number of fused-ring (bicyclic) bond motifs is 2. The van der Waals surface area contributed by atoms with Crippen LogP contribution >= 0.6 is 11.3 Å². The van der Waals surface area contributed by atoms with Crippen molar-refractivity contribution in [2.24, 2.45) is 0 Å². The SMILES string of the molecule is Cc1cc2sc(/C=C3\C(=O)c4ccccc4C3=C(C#N)C#N)cc2o1. The summed E-state index contributed by atoms with van der Waals surface area (Å²) in [5.41, 5.74) is 2.65. The van der Waals surface area contributed by atoms with E-state index in [-0.39, 0.29) is 11.4 Å². The molecule has 0 saturated carbocycles. The van der Waals surface area contributed by atoms with Gasteiger partial charge in [0.2, 0.25) is 0 Å². The van der Waals surface area contributed by atoms with E-state index in [1.807, 2.05) is 31.2 Å². The van der Waals surface area contributed by atoms with Crippen LogP contribution in [0.2, 0.25) is 0 Å². The zero-order valence-corrected chi connectivity index (χ0v) is 14.0. The minimum atomic E-state index is -0.171. The molecule has 4 nitrogen and oxygen atoms in total. The van der Waals surface area contributed by atoms with Crippen LogP contribution in [0.5, 0.6) is 0 Å². The van der Waals surface area contributed by atoms with Gasteiger partial charge in [0.15, 0.2) is 5.78 Å². The molecule has 5 heteroatoms. The smallest absolute Gasteiger partial charge is 0.194 e. The van der Waals surface area contributed by atoms with Gasteiger partial charge in [0.1, 0.15) is 29.1 Å². The van der Waals surface area contributed by atoms with E-state index in [0.717, 1.165) is 20.9 Å². The maximum absolute atomic E-state index is 12.8. The van der Waals surface area contributed by atoms with Crippen LogP contribution in [0.25, 0.3) is 21.9 Å². The van der Waals surface area contributed by atoms with Crippen molar-refractivity contribution in [3.63, 3.8) is 0 Å². The van der Waals surface area contributed by atoms with E-state index < -0.39 is 0 Å². The second-order valence-electron chi connectivity index (χ2n) is 5.64. The minimum Gasteiger partial charge on any atom is -0.460 e. The summed E-state index contributed by atoms with van der Waals surface area (Å²) in [6.07, 6.45) is 1.74. The summed E-state index contributed by atoms with van der Waals surface area (Å²) in [6.45, 7) is 1.88. The predicted octanol–water partition coefficient (Wildman–Crippen LogP) is 4.88. The summed E-state index contributed by atoms with van der Waals surface area (Å²) >= 11 is 1.50. The fourth-order valence-electron chi connectivity index (χ4n) is 3.03. The van der Waals surface area contributed by atoms with E-state index in [1.54, 1.807) is 30.3 Å². The largest absolute Gasteiger partial charge is 0.460 e. The number of nitriles is 2. The first-order valence-corrected chi connectivity index (χ1v) is 8.34. The molecule has 0 fully saturated rings. The molecule has 25 heavy (non-hydrogen) atoms. The molecule has 4 rings (SSSR count). The van der Waals surface area contributed by atoms with Crippen molar-refractivity contribution < 1.29 is 9.21 Å². The highest BCUT2D eigenvalue weighted by Gasteiger charge is 2.32. The van der Waals surface area contributed by atoms with Gasteiger partial charge in [0, 0.05) is 21.6 Å². The lowest BCUT2D eigenvalue weighted by Gasteiger charge is -2.00. The Morgan fingerprint density at radius 1 is 1.16 bits per heavy atom. The molecular weight excluding hydrogens is 332 g/mol. The second kappa shape index (κ2) is 5.59. The van der Waals surface area contributed by atoms with Crippen molar-refractivity contribution in [2.45, 2.75) is 6.92 Å². The van der Waals surface area contributed by atoms with Gasteiger partial charge in [0.25, 0.3) is 0 Å². The number of nitrogens with zero attached hydrogens (tertiary/aromatic N) is 2. The number of furan rings is 1. The Labute approximate surface area is 147 Å². The van der Waals surface area contributed by atoms with E-state index in [9.17, 15) is 15.3 Å². The lowest BCUT2D eigenvalue weighted by Crippen LogP contribution is -1.95. The van der Waals surface area contributed by atoms with Crippen LogP contribution in [-0.4, -0.2) is 5.78 Å². The fourth-order valence-corrected chi connectivity index (χ4v) is 4.06. The highest BCUT2D eigenvalue weighted by atomic mass is 32.1. The number of benzene rings is 1. The summed E-state index contributed by atoms with van der Waals surface area (Å²) in [4.78, 5) is 13.7. The van der Waals surface area contributed by atoms with E-state index in [4.69, 9.17) is 4.42 Å². The molecule has 2 heterocycles. The number of rotatable bonds is 1. The third-order valence-electron chi connectivity index (χ3n) is 4.06. The molecule has 0 atom stereocenters. The number of thiophene rings is 1. The maximum atomic E-state index is 12.8. The molecule has 0 bridgehead atoms. The number of carbonyl (C=O) groups excluding carboxylic acids is 1. The average Bonchev–Trinajstić information content (AvgIpc) is 3.21. The molecule has 0 spiro atoms. The first kappa shape index (κ1) is 15.1. The van der Waals surface area contributed by atoms with Crippen LogP contribution in [-0.2, 0) is 0 Å². The molecule has 0 aliphatic heterocycles.